The van der Waals surface area contributed by atoms with Crippen LogP contribution in [0.25, 0.3) is 6.08 Å². The summed E-state index contributed by atoms with van der Waals surface area (Å²) >= 11 is 0. The van der Waals surface area contributed by atoms with Gasteiger partial charge in [0.15, 0.2) is 11.4 Å². The van der Waals surface area contributed by atoms with Crippen molar-refractivity contribution in [2.24, 2.45) is 0 Å². The van der Waals surface area contributed by atoms with Gasteiger partial charge in [-0.25, -0.2) is 9.59 Å². The number of hydrogen-bond donors (Lipinski definition) is 0. The number of aromatic nitrogens is 2. The molecule has 2 rings (SSSR count). The van der Waals surface area contributed by atoms with Crippen LogP contribution in [0.5, 0.6) is 0 Å². The number of nitrogens with zero attached hydrogens (tertiary/aromatic N) is 2. The molecule has 0 amide bonds. The van der Waals surface area contributed by atoms with Crippen LogP contribution in [0.1, 0.15) is 52.9 Å². The maximum atomic E-state index is 12.6. The molecule has 0 aliphatic rings. The van der Waals surface area contributed by atoms with Crippen molar-refractivity contribution in [3.05, 3.63) is 59.1 Å². The van der Waals surface area contributed by atoms with Crippen molar-refractivity contribution in [1.82, 2.24) is 9.78 Å². The van der Waals surface area contributed by atoms with Gasteiger partial charge in [0.05, 0.1) is 32.6 Å². The summed E-state index contributed by atoms with van der Waals surface area (Å²) in [5.41, 5.74) is 1.48. The lowest BCUT2D eigenvalue weighted by atomic mass is 10.1. The second kappa shape index (κ2) is 10.2. The smallest absolute Gasteiger partial charge is 0.359 e. The Labute approximate surface area is 158 Å². The maximum Gasteiger partial charge on any atom is 0.359 e. The van der Waals surface area contributed by atoms with Crippen LogP contribution in [0, 0.1) is 0 Å². The highest BCUT2D eigenvalue weighted by molar-refractivity contribution is 5.99. The number of hydrogen-bond acceptors (Lipinski definition) is 6. The highest BCUT2D eigenvalue weighted by Gasteiger charge is 2.27. The molecule has 0 spiro atoms. The summed E-state index contributed by atoms with van der Waals surface area (Å²) < 4.78 is 17.0. The fourth-order valence-electron chi connectivity index (χ4n) is 2.48. The van der Waals surface area contributed by atoms with Crippen molar-refractivity contribution >= 4 is 18.0 Å². The average Bonchev–Trinajstić information content (AvgIpc) is 3.01. The van der Waals surface area contributed by atoms with Crippen LogP contribution in [0.15, 0.2) is 36.6 Å². The minimum absolute atomic E-state index is 0.0480. The molecule has 0 aliphatic carbocycles. The fourth-order valence-corrected chi connectivity index (χ4v) is 2.48. The Balaban J connectivity index is 2.56. The van der Waals surface area contributed by atoms with E-state index >= 15 is 0 Å². The fraction of sp³-hybridized carbons (Fsp3) is 0.350. The van der Waals surface area contributed by atoms with E-state index in [1.165, 1.54) is 17.0 Å². The third kappa shape index (κ3) is 5.20. The van der Waals surface area contributed by atoms with Crippen molar-refractivity contribution in [2.75, 3.05) is 19.8 Å². The van der Waals surface area contributed by atoms with Crippen molar-refractivity contribution in [3.8, 4) is 0 Å². The van der Waals surface area contributed by atoms with E-state index in [0.717, 1.165) is 5.56 Å². The van der Waals surface area contributed by atoms with Gasteiger partial charge < -0.3 is 14.2 Å². The van der Waals surface area contributed by atoms with Crippen LogP contribution >= 0.6 is 0 Å². The number of esters is 2. The molecule has 2 aromatic rings. The first-order chi connectivity index (χ1) is 13.1. The minimum atomic E-state index is -0.606. The first-order valence-electron chi connectivity index (χ1n) is 8.89. The largest absolute Gasteiger partial charge is 0.501 e. The summed E-state index contributed by atoms with van der Waals surface area (Å²) in [6.07, 6.45) is 2.96. The third-order valence-electron chi connectivity index (χ3n) is 3.60. The Kier molecular flexibility index (Phi) is 7.61. The zero-order valence-electron chi connectivity index (χ0n) is 15.8. The summed E-state index contributed by atoms with van der Waals surface area (Å²) in [6, 6.07) is 9.52. The van der Waals surface area contributed by atoms with Crippen LogP contribution in [-0.2, 0) is 20.8 Å². The van der Waals surface area contributed by atoms with Gasteiger partial charge in [-0.1, -0.05) is 30.3 Å². The lowest BCUT2D eigenvalue weighted by Crippen LogP contribution is -2.15. The monoisotopic (exact) mass is 372 g/mol. The predicted molar refractivity (Wildman–Crippen MR) is 100 cm³/mol. The van der Waals surface area contributed by atoms with Gasteiger partial charge >= 0.3 is 11.9 Å². The van der Waals surface area contributed by atoms with Gasteiger partial charge in [0.2, 0.25) is 0 Å². The van der Waals surface area contributed by atoms with E-state index < -0.39 is 11.9 Å². The van der Waals surface area contributed by atoms with E-state index in [1.807, 2.05) is 37.3 Å². The predicted octanol–water partition coefficient (Wildman–Crippen LogP) is 3.29. The van der Waals surface area contributed by atoms with Crippen molar-refractivity contribution in [3.63, 3.8) is 0 Å². The molecule has 7 nitrogen and oxygen atoms in total. The van der Waals surface area contributed by atoms with Crippen molar-refractivity contribution in [1.29, 1.82) is 0 Å². The zero-order valence-corrected chi connectivity index (χ0v) is 15.8. The Morgan fingerprint density at radius 1 is 1.00 bits per heavy atom. The van der Waals surface area contributed by atoms with Gasteiger partial charge in [0.1, 0.15) is 0 Å². The quantitative estimate of drug-likeness (QED) is 0.496. The molecule has 144 valence electrons. The van der Waals surface area contributed by atoms with Crippen molar-refractivity contribution in [2.45, 2.75) is 27.3 Å². The summed E-state index contributed by atoms with van der Waals surface area (Å²) in [7, 11) is 0. The zero-order chi connectivity index (χ0) is 19.6. The van der Waals surface area contributed by atoms with E-state index in [1.54, 1.807) is 13.8 Å². The van der Waals surface area contributed by atoms with E-state index in [2.05, 4.69) is 5.10 Å². The SMILES string of the molecule is CCOC=Cc1c(C(=O)OCC)nn(Cc2ccccc2)c1C(=O)OCC. The molecule has 0 unspecified atom stereocenters. The Morgan fingerprint density at radius 3 is 2.30 bits per heavy atom. The van der Waals surface area contributed by atoms with Crippen LogP contribution < -0.4 is 0 Å². The van der Waals surface area contributed by atoms with Gasteiger partial charge in [-0.2, -0.15) is 5.10 Å². The summed E-state index contributed by atoms with van der Waals surface area (Å²) in [5, 5.41) is 4.34. The molecule has 0 saturated heterocycles. The topological polar surface area (TPSA) is 79.7 Å². The molecule has 0 N–H and O–H groups in total. The summed E-state index contributed by atoms with van der Waals surface area (Å²) in [6.45, 7) is 6.44. The van der Waals surface area contributed by atoms with Gasteiger partial charge in [0.25, 0.3) is 0 Å². The first kappa shape index (κ1) is 20.2. The van der Waals surface area contributed by atoms with Crippen LogP contribution in [0.3, 0.4) is 0 Å². The molecule has 0 radical (unpaired) electrons. The molecule has 1 aromatic heterocycles. The second-order valence-electron chi connectivity index (χ2n) is 5.45. The summed E-state index contributed by atoms with van der Waals surface area (Å²) in [5.74, 6) is -1.17. The van der Waals surface area contributed by atoms with Crippen LogP contribution in [0.2, 0.25) is 0 Å². The molecule has 1 heterocycles. The second-order valence-corrected chi connectivity index (χ2v) is 5.45. The van der Waals surface area contributed by atoms with Crippen LogP contribution in [-0.4, -0.2) is 41.5 Å². The standard InChI is InChI=1S/C20H24N2O5/c1-4-25-13-12-16-17(19(23)26-5-2)21-22(18(16)20(24)27-6-3)14-15-10-8-7-9-11-15/h7-13H,4-6,14H2,1-3H3. The number of carbonyl (C=O) groups is 2. The number of carbonyl (C=O) groups excluding carboxylic acids is 2. The Morgan fingerprint density at radius 2 is 1.67 bits per heavy atom. The van der Waals surface area contributed by atoms with E-state index in [9.17, 15) is 9.59 Å². The highest BCUT2D eigenvalue weighted by Crippen LogP contribution is 2.21. The average molecular weight is 372 g/mol. The minimum Gasteiger partial charge on any atom is -0.501 e. The molecule has 1 aromatic carbocycles. The van der Waals surface area contributed by atoms with E-state index in [4.69, 9.17) is 14.2 Å². The number of ether oxygens (including phenoxy) is 3. The first-order valence-corrected chi connectivity index (χ1v) is 8.89. The maximum absolute atomic E-state index is 12.6. The molecular weight excluding hydrogens is 348 g/mol. The summed E-state index contributed by atoms with van der Waals surface area (Å²) in [4.78, 5) is 25.0. The molecule has 0 atom stereocenters. The van der Waals surface area contributed by atoms with Crippen molar-refractivity contribution < 1.29 is 23.8 Å². The normalized spacial score (nSPS) is 10.8. The molecule has 0 fully saturated rings. The Hall–Kier alpha value is -3.09. The molecular formula is C20H24N2O5. The molecule has 7 heteroatoms. The highest BCUT2D eigenvalue weighted by atomic mass is 16.5. The molecule has 0 bridgehead atoms. The molecule has 0 saturated carbocycles. The van der Waals surface area contributed by atoms with Gasteiger partial charge in [-0.05, 0) is 32.4 Å². The van der Waals surface area contributed by atoms with Gasteiger partial charge in [-0.3, -0.25) is 4.68 Å². The van der Waals surface area contributed by atoms with Gasteiger partial charge in [0, 0.05) is 5.56 Å². The lowest BCUT2D eigenvalue weighted by molar-refractivity contribution is 0.0506. The Bertz CT molecular complexity index is 796. The van der Waals surface area contributed by atoms with E-state index in [0.29, 0.717) is 18.7 Å². The molecule has 27 heavy (non-hydrogen) atoms. The third-order valence-corrected chi connectivity index (χ3v) is 3.60. The van der Waals surface area contributed by atoms with E-state index in [-0.39, 0.29) is 24.6 Å². The molecule has 0 aliphatic heterocycles. The number of benzene rings is 1. The van der Waals surface area contributed by atoms with Crippen LogP contribution in [0.4, 0.5) is 0 Å². The number of rotatable bonds is 9. The van der Waals surface area contributed by atoms with Gasteiger partial charge in [-0.15, -0.1) is 0 Å². The lowest BCUT2D eigenvalue weighted by Gasteiger charge is -2.08.